The molecule has 1 aromatic heterocycles. The molecule has 0 aromatic carbocycles. The van der Waals surface area contributed by atoms with Gasteiger partial charge in [0.25, 0.3) is 0 Å². The molecular weight excluding hydrogens is 447 g/mol. The maximum absolute atomic E-state index is 13.5. The van der Waals surface area contributed by atoms with Gasteiger partial charge in [-0.1, -0.05) is 40.2 Å². The number of carbonyl (C=O) groups excluding carboxylic acids is 2. The number of halogens is 3. The number of alkyl carbamates (subject to hydrolysis) is 1. The summed E-state index contributed by atoms with van der Waals surface area (Å²) in [6, 6.07) is 0.961. The first kappa shape index (κ1) is 31.4. The van der Waals surface area contributed by atoms with E-state index >= 15 is 0 Å². The van der Waals surface area contributed by atoms with Crippen LogP contribution in [-0.4, -0.2) is 32.8 Å². The van der Waals surface area contributed by atoms with E-state index in [-0.39, 0.29) is 23.9 Å². The number of hydrogen-bond donors (Lipinski definition) is 1. The summed E-state index contributed by atoms with van der Waals surface area (Å²) < 4.78 is 46.8. The average Bonchev–Trinajstić information content (AvgIpc) is 3.07. The Bertz CT molecular complexity index is 876. The number of rotatable bonds is 8. The van der Waals surface area contributed by atoms with Crippen LogP contribution in [0.5, 0.6) is 0 Å². The second kappa shape index (κ2) is 12.8. The molecule has 1 N–H and O–H groups in total. The van der Waals surface area contributed by atoms with Gasteiger partial charge in [-0.25, -0.2) is 4.79 Å². The predicted molar refractivity (Wildman–Crippen MR) is 129 cm³/mol. The van der Waals surface area contributed by atoms with Crippen LogP contribution in [0.1, 0.15) is 87.0 Å². The van der Waals surface area contributed by atoms with Crippen molar-refractivity contribution in [1.82, 2.24) is 15.1 Å². The third-order valence-electron chi connectivity index (χ3n) is 4.36. The molecule has 0 saturated carbocycles. The third-order valence-corrected chi connectivity index (χ3v) is 4.36. The van der Waals surface area contributed by atoms with E-state index in [1.165, 1.54) is 23.8 Å². The van der Waals surface area contributed by atoms with Gasteiger partial charge in [-0.3, -0.25) is 9.48 Å². The lowest BCUT2D eigenvalue weighted by atomic mass is 10.0. The molecule has 0 radical (unpaired) electrons. The first-order valence-corrected chi connectivity index (χ1v) is 11.5. The fourth-order valence-corrected chi connectivity index (χ4v) is 2.76. The van der Waals surface area contributed by atoms with Gasteiger partial charge in [-0.15, -0.1) is 0 Å². The minimum absolute atomic E-state index is 0.0522. The van der Waals surface area contributed by atoms with Crippen molar-refractivity contribution in [1.29, 1.82) is 0 Å². The van der Waals surface area contributed by atoms with Gasteiger partial charge >= 0.3 is 12.3 Å². The maximum atomic E-state index is 13.5. The highest BCUT2D eigenvalue weighted by Crippen LogP contribution is 2.32. The maximum Gasteiger partial charge on any atom is 0.435 e. The van der Waals surface area contributed by atoms with E-state index in [1.807, 2.05) is 27.7 Å². The molecule has 1 rings (SSSR count). The van der Waals surface area contributed by atoms with Crippen LogP contribution in [0.25, 0.3) is 5.57 Å². The third kappa shape index (κ3) is 11.5. The van der Waals surface area contributed by atoms with Crippen molar-refractivity contribution in [2.75, 3.05) is 0 Å². The molecule has 1 amide bonds. The van der Waals surface area contributed by atoms with Crippen LogP contribution >= 0.6 is 0 Å². The zero-order valence-corrected chi connectivity index (χ0v) is 22.1. The van der Waals surface area contributed by atoms with E-state index in [4.69, 9.17) is 4.74 Å². The zero-order valence-electron chi connectivity index (χ0n) is 22.1. The summed E-state index contributed by atoms with van der Waals surface area (Å²) in [6.07, 6.45) is 0.0534. The van der Waals surface area contributed by atoms with E-state index in [2.05, 4.69) is 10.4 Å². The minimum Gasteiger partial charge on any atom is -0.444 e. The van der Waals surface area contributed by atoms with Crippen LogP contribution in [0, 0.1) is 5.92 Å². The van der Waals surface area contributed by atoms with Gasteiger partial charge in [0.2, 0.25) is 0 Å². The Kier molecular flexibility index (Phi) is 11.8. The number of nitrogens with zero attached hydrogens (tertiary/aromatic N) is 2. The fourth-order valence-electron chi connectivity index (χ4n) is 2.76. The smallest absolute Gasteiger partial charge is 0.435 e. The lowest BCUT2D eigenvalue weighted by Crippen LogP contribution is -2.48. The summed E-state index contributed by atoms with van der Waals surface area (Å²) in [7, 11) is 0. The predicted octanol–water partition coefficient (Wildman–Crippen LogP) is 6.81. The molecule has 6 nitrogen and oxygen atoms in total. The molecule has 9 heteroatoms. The minimum atomic E-state index is -4.64. The normalized spacial score (nSPS) is 13.9. The van der Waals surface area contributed by atoms with E-state index in [1.54, 1.807) is 40.7 Å². The Morgan fingerprint density at radius 1 is 1.15 bits per heavy atom. The standard InChI is InChI=1S/C23H34F3N3O3.C2H6/c1-9-15(2)12-17(11-10-16(3)30)18-13-19(23(24,25)26)28-29(18)14-22(7,8)27-20(31)32-21(4,5)6;1-2/h10-13,15H,9,14H2,1-8H3,(H,27,31);1-2H3/b11-10-,17-12+;. The van der Waals surface area contributed by atoms with E-state index in [0.29, 0.717) is 5.57 Å². The number of allylic oxidation sites excluding steroid dienone is 4. The Morgan fingerprint density at radius 3 is 2.15 bits per heavy atom. The Hall–Kier alpha value is -2.58. The van der Waals surface area contributed by atoms with Crippen LogP contribution in [-0.2, 0) is 22.3 Å². The SMILES string of the molecule is CC.CCC(C)/C=C(\C=C/C(C)=O)c1cc(C(F)(F)F)nn1CC(C)(C)NC(=O)OC(C)(C)C. The second-order valence-corrected chi connectivity index (χ2v) is 9.53. The van der Waals surface area contributed by atoms with Crippen molar-refractivity contribution in [3.8, 4) is 0 Å². The summed E-state index contributed by atoms with van der Waals surface area (Å²) >= 11 is 0. The first-order valence-electron chi connectivity index (χ1n) is 11.5. The van der Waals surface area contributed by atoms with Crippen LogP contribution in [0.4, 0.5) is 18.0 Å². The van der Waals surface area contributed by atoms with Gasteiger partial charge in [-0.2, -0.15) is 18.3 Å². The Balaban J connectivity index is 0.00000529. The molecule has 0 bridgehead atoms. The van der Waals surface area contributed by atoms with Gasteiger partial charge in [0.15, 0.2) is 11.5 Å². The molecule has 194 valence electrons. The number of ether oxygens (including phenoxy) is 1. The van der Waals surface area contributed by atoms with Crippen molar-refractivity contribution < 1.29 is 27.5 Å². The van der Waals surface area contributed by atoms with Crippen molar-refractivity contribution in [2.45, 2.75) is 99.5 Å². The van der Waals surface area contributed by atoms with Gasteiger partial charge in [0, 0.05) is 0 Å². The molecule has 0 aliphatic carbocycles. The summed E-state index contributed by atoms with van der Waals surface area (Å²) in [6.45, 7) is 17.7. The molecule has 0 aliphatic rings. The monoisotopic (exact) mass is 487 g/mol. The van der Waals surface area contributed by atoms with Gasteiger partial charge in [0.1, 0.15) is 5.60 Å². The highest BCUT2D eigenvalue weighted by Gasteiger charge is 2.36. The van der Waals surface area contributed by atoms with E-state index < -0.39 is 29.1 Å². The average molecular weight is 488 g/mol. The van der Waals surface area contributed by atoms with Gasteiger partial charge in [-0.05, 0) is 71.3 Å². The molecule has 1 unspecified atom stereocenters. The lowest BCUT2D eigenvalue weighted by Gasteiger charge is -2.29. The largest absolute Gasteiger partial charge is 0.444 e. The van der Waals surface area contributed by atoms with Crippen LogP contribution < -0.4 is 5.32 Å². The molecule has 1 atom stereocenters. The Morgan fingerprint density at radius 2 is 1.71 bits per heavy atom. The van der Waals surface area contributed by atoms with Crippen molar-refractivity contribution in [3.05, 3.63) is 35.7 Å². The van der Waals surface area contributed by atoms with Crippen LogP contribution in [0.3, 0.4) is 0 Å². The highest BCUT2D eigenvalue weighted by atomic mass is 19.4. The summed E-state index contributed by atoms with van der Waals surface area (Å²) in [5.41, 5.74) is -2.09. The molecule has 34 heavy (non-hydrogen) atoms. The molecule has 0 fully saturated rings. The van der Waals surface area contributed by atoms with E-state index in [0.717, 1.165) is 12.5 Å². The van der Waals surface area contributed by atoms with Crippen molar-refractivity contribution in [2.24, 2.45) is 5.92 Å². The number of aromatic nitrogens is 2. The summed E-state index contributed by atoms with van der Waals surface area (Å²) in [5, 5.41) is 6.45. The Labute approximate surface area is 201 Å². The topological polar surface area (TPSA) is 73.2 Å². The number of amides is 1. The number of alkyl halides is 3. The fraction of sp³-hybridized carbons (Fsp3) is 0.640. The van der Waals surface area contributed by atoms with Crippen LogP contribution in [0.2, 0.25) is 0 Å². The number of nitrogens with one attached hydrogen (secondary N) is 1. The quantitative estimate of drug-likeness (QED) is 0.323. The van der Waals surface area contributed by atoms with E-state index in [9.17, 15) is 22.8 Å². The first-order chi connectivity index (χ1) is 15.4. The highest BCUT2D eigenvalue weighted by molar-refractivity contribution is 5.90. The number of carbonyl (C=O) groups is 2. The molecule has 0 spiro atoms. The zero-order chi connectivity index (χ0) is 26.9. The summed E-state index contributed by atoms with van der Waals surface area (Å²) in [4.78, 5) is 23.7. The molecular formula is C25H40F3N3O3. The molecule has 0 saturated heterocycles. The second-order valence-electron chi connectivity index (χ2n) is 9.53. The van der Waals surface area contributed by atoms with Gasteiger partial charge < -0.3 is 10.1 Å². The number of ketones is 1. The van der Waals surface area contributed by atoms with Gasteiger partial charge in [0.05, 0.1) is 17.8 Å². The summed E-state index contributed by atoms with van der Waals surface area (Å²) in [5.74, 6) is -0.165. The molecule has 0 aliphatic heterocycles. The van der Waals surface area contributed by atoms with Crippen molar-refractivity contribution in [3.63, 3.8) is 0 Å². The van der Waals surface area contributed by atoms with Crippen LogP contribution in [0.15, 0.2) is 24.3 Å². The number of hydrogen-bond acceptors (Lipinski definition) is 4. The molecule has 1 heterocycles. The molecule has 1 aromatic rings. The lowest BCUT2D eigenvalue weighted by molar-refractivity contribution is -0.141. The van der Waals surface area contributed by atoms with Crippen molar-refractivity contribution >= 4 is 17.4 Å².